The van der Waals surface area contributed by atoms with E-state index in [2.05, 4.69) is 43.4 Å². The Hall–Kier alpha value is -1.43. The van der Waals surface area contributed by atoms with Crippen molar-refractivity contribution in [2.45, 2.75) is 134 Å². The van der Waals surface area contributed by atoms with E-state index in [9.17, 15) is 4.79 Å². The summed E-state index contributed by atoms with van der Waals surface area (Å²) in [7, 11) is 0. The van der Waals surface area contributed by atoms with Gasteiger partial charge in [0.25, 0.3) is 0 Å². The van der Waals surface area contributed by atoms with Crippen LogP contribution in [0.5, 0.6) is 5.75 Å². The standard InChI is InChI=1S/C37H55NO4/c1-3-33(38-28-9-5-4-6-10-28)26-8-7-11-29(24-26)40-21-20-36-17-16-31-30(32(36)14-15-34(36)39)13-12-27-25-37(41-22-23-42-37)19-18-35(27,31)2/h7-8,11,24,27-28,30-33,38H,3-6,9-10,12-23,25H2,1-2H3/t27?,30?,31?,32?,33?,35-,36+/m0/s1. The number of fused-ring (bicyclic) bond motifs is 5. The van der Waals surface area contributed by atoms with E-state index in [1.54, 1.807) is 0 Å². The first kappa shape index (κ1) is 29.3. The van der Waals surface area contributed by atoms with Gasteiger partial charge in [-0.3, -0.25) is 4.79 Å². The van der Waals surface area contributed by atoms with Crippen molar-refractivity contribution < 1.29 is 19.0 Å². The molecule has 5 saturated carbocycles. The second-order valence-corrected chi connectivity index (χ2v) is 15.3. The number of rotatable bonds is 8. The molecule has 1 aromatic carbocycles. The summed E-state index contributed by atoms with van der Waals surface area (Å²) in [5.41, 5.74) is 1.53. The second-order valence-electron chi connectivity index (χ2n) is 15.3. The minimum Gasteiger partial charge on any atom is -0.494 e. The molecule has 6 fully saturated rings. The minimum absolute atomic E-state index is 0.163. The molecule has 0 bridgehead atoms. The Morgan fingerprint density at radius 1 is 0.976 bits per heavy atom. The Morgan fingerprint density at radius 2 is 1.81 bits per heavy atom. The molecule has 6 aliphatic rings. The Labute approximate surface area is 254 Å². The van der Waals surface area contributed by atoms with Crippen LogP contribution in [0.25, 0.3) is 0 Å². The third-order valence-corrected chi connectivity index (χ3v) is 13.5. The summed E-state index contributed by atoms with van der Waals surface area (Å²) in [5.74, 6) is 3.85. The van der Waals surface area contributed by atoms with Gasteiger partial charge in [-0.25, -0.2) is 0 Å². The van der Waals surface area contributed by atoms with Crippen molar-refractivity contribution in [3.63, 3.8) is 0 Å². The lowest BCUT2D eigenvalue weighted by atomic mass is 9.44. The highest BCUT2D eigenvalue weighted by Crippen LogP contribution is 2.67. The van der Waals surface area contributed by atoms with Crippen LogP contribution >= 0.6 is 0 Å². The van der Waals surface area contributed by atoms with E-state index in [0.29, 0.717) is 47.6 Å². The largest absolute Gasteiger partial charge is 0.494 e. The van der Waals surface area contributed by atoms with E-state index >= 15 is 0 Å². The molecule has 42 heavy (non-hydrogen) atoms. The SMILES string of the molecule is CCC(NC1CCCCC1)c1cccc(OCC[C@]23CCC4C(CCC5CC6(CC[C@@]54C)OCCO6)C2CCC3=O)c1. The molecule has 5 aliphatic carbocycles. The van der Waals surface area contributed by atoms with Gasteiger partial charge >= 0.3 is 0 Å². The summed E-state index contributed by atoms with van der Waals surface area (Å²) in [6.07, 6.45) is 18.7. The highest BCUT2D eigenvalue weighted by Gasteiger charge is 2.63. The zero-order valence-corrected chi connectivity index (χ0v) is 26.3. The smallest absolute Gasteiger partial charge is 0.168 e. The number of benzene rings is 1. The number of ketones is 1. The Bertz CT molecular complexity index is 1110. The molecule has 5 nitrogen and oxygen atoms in total. The third kappa shape index (κ3) is 5.17. The second kappa shape index (κ2) is 11.8. The van der Waals surface area contributed by atoms with Crippen LogP contribution in [0.2, 0.25) is 0 Å². The summed E-state index contributed by atoms with van der Waals surface area (Å²) in [5, 5.41) is 3.94. The number of carbonyl (C=O) groups excluding carboxylic acids is 1. The fourth-order valence-corrected chi connectivity index (χ4v) is 11.2. The zero-order valence-electron chi connectivity index (χ0n) is 26.3. The molecular weight excluding hydrogens is 522 g/mol. The highest BCUT2D eigenvalue weighted by atomic mass is 16.7. The molecule has 1 saturated heterocycles. The van der Waals surface area contributed by atoms with Crippen LogP contribution in [0.15, 0.2) is 24.3 Å². The fourth-order valence-electron chi connectivity index (χ4n) is 11.2. The van der Waals surface area contributed by atoms with E-state index in [-0.39, 0.29) is 11.2 Å². The summed E-state index contributed by atoms with van der Waals surface area (Å²) < 4.78 is 18.8. The lowest BCUT2D eigenvalue weighted by molar-refractivity contribution is -0.229. The van der Waals surface area contributed by atoms with Crippen LogP contribution < -0.4 is 10.1 Å². The molecule has 1 spiro atoms. The molecule has 1 aliphatic heterocycles. The number of carbonyl (C=O) groups is 1. The van der Waals surface area contributed by atoms with Gasteiger partial charge in [0.2, 0.25) is 0 Å². The topological polar surface area (TPSA) is 56.8 Å². The van der Waals surface area contributed by atoms with Crippen molar-refractivity contribution >= 4 is 5.78 Å². The Balaban J connectivity index is 1.00. The molecule has 0 aromatic heterocycles. The van der Waals surface area contributed by atoms with Crippen LogP contribution in [-0.4, -0.2) is 37.4 Å². The predicted octanol–water partition coefficient (Wildman–Crippen LogP) is 8.16. The van der Waals surface area contributed by atoms with E-state index in [1.807, 2.05) is 0 Å². The van der Waals surface area contributed by atoms with E-state index in [1.165, 1.54) is 63.4 Å². The van der Waals surface area contributed by atoms with Crippen molar-refractivity contribution in [1.29, 1.82) is 0 Å². The molecule has 1 heterocycles. The average Bonchev–Trinajstić information content (AvgIpc) is 3.61. The van der Waals surface area contributed by atoms with Crippen LogP contribution in [0.3, 0.4) is 0 Å². The zero-order chi connectivity index (χ0) is 28.8. The first-order valence-electron chi connectivity index (χ1n) is 17.7. The van der Waals surface area contributed by atoms with Crippen molar-refractivity contribution in [3.8, 4) is 5.75 Å². The van der Waals surface area contributed by atoms with Gasteiger partial charge < -0.3 is 19.5 Å². The van der Waals surface area contributed by atoms with Gasteiger partial charge in [0.1, 0.15) is 11.5 Å². The summed E-state index contributed by atoms with van der Waals surface area (Å²) >= 11 is 0. The maximum atomic E-state index is 13.7. The summed E-state index contributed by atoms with van der Waals surface area (Å²) in [4.78, 5) is 13.7. The first-order valence-corrected chi connectivity index (χ1v) is 17.7. The van der Waals surface area contributed by atoms with Gasteiger partial charge in [-0.2, -0.15) is 0 Å². The van der Waals surface area contributed by atoms with E-state index in [0.717, 1.165) is 69.8 Å². The van der Waals surface area contributed by atoms with Crippen molar-refractivity contribution in [2.24, 2.45) is 34.5 Å². The van der Waals surface area contributed by atoms with Gasteiger partial charge in [-0.05, 0) is 111 Å². The van der Waals surface area contributed by atoms with Gasteiger partial charge in [0.15, 0.2) is 5.79 Å². The molecule has 0 radical (unpaired) electrons. The first-order chi connectivity index (χ1) is 20.4. The fraction of sp³-hybridized carbons (Fsp3) is 0.811. The molecule has 7 rings (SSSR count). The molecule has 5 heteroatoms. The normalized spacial score (nSPS) is 38.6. The van der Waals surface area contributed by atoms with Gasteiger partial charge in [-0.15, -0.1) is 0 Å². The number of ether oxygens (including phenoxy) is 3. The predicted molar refractivity (Wildman–Crippen MR) is 165 cm³/mol. The Kier molecular flexibility index (Phi) is 8.24. The van der Waals surface area contributed by atoms with Crippen LogP contribution in [-0.2, 0) is 14.3 Å². The van der Waals surface area contributed by atoms with Crippen LogP contribution in [0.1, 0.15) is 128 Å². The highest BCUT2D eigenvalue weighted by molar-refractivity contribution is 5.87. The average molecular weight is 578 g/mol. The third-order valence-electron chi connectivity index (χ3n) is 13.5. The van der Waals surface area contributed by atoms with Crippen molar-refractivity contribution in [3.05, 3.63) is 29.8 Å². The molecule has 1 N–H and O–H groups in total. The molecule has 7 atom stereocenters. The number of Topliss-reactive ketones (excluding diaryl/α,β-unsaturated/α-hetero) is 1. The lowest BCUT2D eigenvalue weighted by Gasteiger charge is -2.61. The summed E-state index contributed by atoms with van der Waals surface area (Å²) in [6.45, 7) is 7.02. The van der Waals surface area contributed by atoms with Gasteiger partial charge in [-0.1, -0.05) is 45.2 Å². The maximum Gasteiger partial charge on any atom is 0.168 e. The van der Waals surface area contributed by atoms with Gasteiger partial charge in [0.05, 0.1) is 19.8 Å². The lowest BCUT2D eigenvalue weighted by Crippen LogP contribution is -2.56. The number of hydrogen-bond acceptors (Lipinski definition) is 5. The monoisotopic (exact) mass is 577 g/mol. The van der Waals surface area contributed by atoms with Gasteiger partial charge in [0, 0.05) is 36.8 Å². The van der Waals surface area contributed by atoms with Crippen LogP contribution in [0, 0.1) is 34.5 Å². The quantitative estimate of drug-likeness (QED) is 0.338. The molecular formula is C37H55NO4. The molecule has 5 unspecified atom stereocenters. The van der Waals surface area contributed by atoms with Crippen molar-refractivity contribution in [1.82, 2.24) is 5.32 Å². The number of nitrogens with one attached hydrogen (secondary N) is 1. The van der Waals surface area contributed by atoms with Crippen LogP contribution in [0.4, 0.5) is 0 Å². The van der Waals surface area contributed by atoms with E-state index < -0.39 is 0 Å². The van der Waals surface area contributed by atoms with Crippen molar-refractivity contribution in [2.75, 3.05) is 19.8 Å². The number of hydrogen-bond donors (Lipinski definition) is 1. The minimum atomic E-state index is -0.295. The van der Waals surface area contributed by atoms with E-state index in [4.69, 9.17) is 14.2 Å². The Morgan fingerprint density at radius 3 is 2.62 bits per heavy atom. The summed E-state index contributed by atoms with van der Waals surface area (Å²) in [6, 6.07) is 9.78. The maximum absolute atomic E-state index is 13.7. The molecule has 0 amide bonds. The molecule has 1 aromatic rings. The molecule has 232 valence electrons.